The van der Waals surface area contributed by atoms with Gasteiger partial charge < -0.3 is 14.4 Å². The van der Waals surface area contributed by atoms with Crippen LogP contribution in [0.4, 0.5) is 0 Å². The van der Waals surface area contributed by atoms with Gasteiger partial charge in [-0.05, 0) is 68.8 Å². The smallest absolute Gasteiger partial charge is 0.161 e. The molecule has 0 spiro atoms. The molecule has 0 aliphatic carbocycles. The molecule has 0 saturated carbocycles. The molecule has 0 aromatic heterocycles. The summed E-state index contributed by atoms with van der Waals surface area (Å²) in [4.78, 5) is 7.65. The minimum absolute atomic E-state index is 0.323. The van der Waals surface area contributed by atoms with Crippen molar-refractivity contribution in [2.24, 2.45) is 4.99 Å². The van der Waals surface area contributed by atoms with Gasteiger partial charge in [0.1, 0.15) is 0 Å². The van der Waals surface area contributed by atoms with Crippen molar-refractivity contribution in [1.29, 1.82) is 0 Å². The van der Waals surface area contributed by atoms with Crippen molar-refractivity contribution >= 4 is 5.71 Å². The fourth-order valence-corrected chi connectivity index (χ4v) is 4.32. The number of benzene rings is 2. The molecule has 2 heterocycles. The van der Waals surface area contributed by atoms with Gasteiger partial charge in [0, 0.05) is 23.6 Å². The molecule has 27 heavy (non-hydrogen) atoms. The summed E-state index contributed by atoms with van der Waals surface area (Å²) in [6.45, 7) is 6.43. The summed E-state index contributed by atoms with van der Waals surface area (Å²) in [6, 6.07) is 11.2. The Balaban J connectivity index is 1.91. The number of nitrogens with zero attached hydrogens (tertiary/aromatic N) is 2. The lowest BCUT2D eigenvalue weighted by molar-refractivity contribution is 0.227. The van der Waals surface area contributed by atoms with E-state index in [0.717, 1.165) is 36.7 Å². The van der Waals surface area contributed by atoms with Crippen molar-refractivity contribution in [2.45, 2.75) is 32.2 Å². The zero-order chi connectivity index (χ0) is 19.1. The highest BCUT2D eigenvalue weighted by molar-refractivity contribution is 6.15. The molecule has 1 fully saturated rings. The Hall–Kier alpha value is -2.33. The molecule has 2 atom stereocenters. The van der Waals surface area contributed by atoms with Crippen molar-refractivity contribution in [2.75, 3.05) is 34.4 Å². The molecule has 2 aliphatic heterocycles. The molecule has 2 aliphatic rings. The average molecular weight is 364 g/mol. The largest absolute Gasteiger partial charge is 0.493 e. The molecule has 0 amide bonds. The van der Waals surface area contributed by atoms with E-state index in [1.807, 2.05) is 0 Å². The van der Waals surface area contributed by atoms with E-state index in [1.54, 1.807) is 14.2 Å². The molecule has 0 bridgehead atoms. The normalized spacial score (nSPS) is 21.9. The zero-order valence-electron chi connectivity index (χ0n) is 16.9. The van der Waals surface area contributed by atoms with Crippen molar-refractivity contribution in [3.8, 4) is 11.5 Å². The molecule has 0 N–H and O–H groups in total. The van der Waals surface area contributed by atoms with Gasteiger partial charge in [-0.15, -0.1) is 0 Å². The zero-order valence-corrected chi connectivity index (χ0v) is 16.9. The van der Waals surface area contributed by atoms with Crippen LogP contribution in [0.5, 0.6) is 11.5 Å². The number of fused-ring (bicyclic) bond motifs is 3. The van der Waals surface area contributed by atoms with E-state index < -0.39 is 0 Å². The molecule has 2 aromatic rings. The summed E-state index contributed by atoms with van der Waals surface area (Å²) in [5.74, 6) is 1.95. The number of likely N-dealkylation sites (N-methyl/N-ethyl adjacent to an activating group) is 1. The van der Waals surface area contributed by atoms with E-state index in [-0.39, 0.29) is 0 Å². The Kier molecular flexibility index (Phi) is 4.68. The molecule has 4 heteroatoms. The first-order chi connectivity index (χ1) is 13.0. The standard InChI is InChI=1S/C23H28N2O2/c1-14-6-7-16(10-15(14)2)23-18-12-22(27-5)21(26-4)11-17(18)19-13-25(3)9-8-20(19)24-23/h6-7,10-12,19-20H,8-9,13H2,1-5H3/t19-,20-/m1/s1. The van der Waals surface area contributed by atoms with E-state index in [1.165, 1.54) is 27.8 Å². The van der Waals surface area contributed by atoms with E-state index in [4.69, 9.17) is 14.5 Å². The van der Waals surface area contributed by atoms with E-state index in [9.17, 15) is 0 Å². The molecule has 4 rings (SSSR count). The monoisotopic (exact) mass is 364 g/mol. The lowest BCUT2D eigenvalue weighted by atomic mass is 9.78. The number of rotatable bonds is 3. The molecule has 1 saturated heterocycles. The second-order valence-electron chi connectivity index (χ2n) is 7.80. The van der Waals surface area contributed by atoms with Gasteiger partial charge >= 0.3 is 0 Å². The lowest BCUT2D eigenvalue weighted by Crippen LogP contribution is -2.41. The molecular weight excluding hydrogens is 336 g/mol. The van der Waals surface area contributed by atoms with Gasteiger partial charge in [-0.3, -0.25) is 4.99 Å². The summed E-state index contributed by atoms with van der Waals surface area (Å²) < 4.78 is 11.2. The van der Waals surface area contributed by atoms with Gasteiger partial charge in [0.2, 0.25) is 0 Å². The van der Waals surface area contributed by atoms with E-state index in [2.05, 4.69) is 56.1 Å². The summed E-state index contributed by atoms with van der Waals surface area (Å²) in [7, 11) is 5.59. The van der Waals surface area contributed by atoms with Crippen LogP contribution in [0, 0.1) is 13.8 Å². The quantitative estimate of drug-likeness (QED) is 0.827. The average Bonchev–Trinajstić information content (AvgIpc) is 2.68. The third-order valence-corrected chi connectivity index (χ3v) is 6.06. The predicted octanol–water partition coefficient (Wildman–Crippen LogP) is 3.96. The van der Waals surface area contributed by atoms with Gasteiger partial charge in [0.25, 0.3) is 0 Å². The van der Waals surface area contributed by atoms with Gasteiger partial charge in [0.05, 0.1) is 26.0 Å². The van der Waals surface area contributed by atoms with Gasteiger partial charge in [0.15, 0.2) is 11.5 Å². The number of likely N-dealkylation sites (tertiary alicyclic amines) is 1. The Labute approximate surface area is 161 Å². The SMILES string of the molecule is COc1cc2c(cc1OC)[C@H]1CN(C)CC[C@H]1N=C2c1ccc(C)c(C)c1. The maximum Gasteiger partial charge on any atom is 0.161 e. The Morgan fingerprint density at radius 1 is 1.00 bits per heavy atom. The van der Waals surface area contributed by atoms with Crippen molar-refractivity contribution in [1.82, 2.24) is 4.90 Å². The minimum Gasteiger partial charge on any atom is -0.493 e. The maximum atomic E-state index is 5.61. The van der Waals surface area contributed by atoms with Crippen LogP contribution in [-0.4, -0.2) is 51.0 Å². The van der Waals surface area contributed by atoms with Crippen LogP contribution in [0.25, 0.3) is 0 Å². The first kappa shape index (κ1) is 18.1. The van der Waals surface area contributed by atoms with Crippen molar-refractivity contribution < 1.29 is 9.47 Å². The Bertz CT molecular complexity index is 903. The van der Waals surface area contributed by atoms with Crippen molar-refractivity contribution in [3.63, 3.8) is 0 Å². The maximum absolute atomic E-state index is 5.61. The highest BCUT2D eigenvalue weighted by Gasteiger charge is 2.36. The first-order valence-electron chi connectivity index (χ1n) is 9.62. The second kappa shape index (κ2) is 7.01. The van der Waals surface area contributed by atoms with Gasteiger partial charge in [-0.2, -0.15) is 0 Å². The second-order valence-corrected chi connectivity index (χ2v) is 7.80. The third-order valence-electron chi connectivity index (χ3n) is 6.06. The molecule has 2 aromatic carbocycles. The third kappa shape index (κ3) is 3.12. The number of aliphatic imine (C=N–C) groups is 1. The molecule has 4 nitrogen and oxygen atoms in total. The Morgan fingerprint density at radius 3 is 2.44 bits per heavy atom. The molecule has 0 radical (unpaired) electrons. The minimum atomic E-state index is 0.323. The van der Waals surface area contributed by atoms with Crippen LogP contribution >= 0.6 is 0 Å². The van der Waals surface area contributed by atoms with Crippen LogP contribution in [0.2, 0.25) is 0 Å². The lowest BCUT2D eigenvalue weighted by Gasteiger charge is -2.39. The number of hydrogen-bond acceptors (Lipinski definition) is 4. The summed E-state index contributed by atoms with van der Waals surface area (Å²) in [6.07, 6.45) is 1.09. The van der Waals surface area contributed by atoms with Gasteiger partial charge in [-0.1, -0.05) is 12.1 Å². The number of ether oxygens (including phenoxy) is 2. The van der Waals surface area contributed by atoms with Crippen LogP contribution in [0.15, 0.2) is 35.3 Å². The van der Waals surface area contributed by atoms with Crippen LogP contribution in [0.3, 0.4) is 0 Å². The molecule has 0 unspecified atom stereocenters. The number of aryl methyl sites for hydroxylation is 2. The van der Waals surface area contributed by atoms with E-state index in [0.29, 0.717) is 12.0 Å². The fraction of sp³-hybridized carbons (Fsp3) is 0.435. The fourth-order valence-electron chi connectivity index (χ4n) is 4.32. The highest BCUT2D eigenvalue weighted by Crippen LogP contribution is 2.42. The van der Waals surface area contributed by atoms with E-state index >= 15 is 0 Å². The van der Waals surface area contributed by atoms with Crippen LogP contribution < -0.4 is 9.47 Å². The predicted molar refractivity (Wildman–Crippen MR) is 110 cm³/mol. The first-order valence-corrected chi connectivity index (χ1v) is 9.62. The molecule has 142 valence electrons. The van der Waals surface area contributed by atoms with Crippen LogP contribution in [0.1, 0.15) is 40.2 Å². The van der Waals surface area contributed by atoms with Crippen molar-refractivity contribution in [3.05, 3.63) is 58.1 Å². The Morgan fingerprint density at radius 2 is 1.74 bits per heavy atom. The number of piperidine rings is 1. The number of hydrogen-bond donors (Lipinski definition) is 0. The topological polar surface area (TPSA) is 34.1 Å². The molecular formula is C23H28N2O2. The van der Waals surface area contributed by atoms with Gasteiger partial charge in [-0.25, -0.2) is 0 Å². The summed E-state index contributed by atoms with van der Waals surface area (Å²) in [5, 5.41) is 0. The van der Waals surface area contributed by atoms with Crippen LogP contribution in [-0.2, 0) is 0 Å². The summed E-state index contributed by atoms with van der Waals surface area (Å²) >= 11 is 0. The number of methoxy groups -OCH3 is 2. The summed E-state index contributed by atoms with van der Waals surface area (Å²) in [5.41, 5.74) is 7.37. The highest BCUT2D eigenvalue weighted by atomic mass is 16.5.